The monoisotopic (exact) mass is 469 g/mol. The Hall–Kier alpha value is -4.30. The number of sulfonamides is 1. The number of ether oxygens (including phenoxy) is 1. The lowest BCUT2D eigenvalue weighted by atomic mass is 10.1. The van der Waals surface area contributed by atoms with Crippen LogP contribution < -0.4 is 14.4 Å². The molecule has 0 radical (unpaired) electrons. The third-order valence-electron chi connectivity index (χ3n) is 4.75. The minimum Gasteiger partial charge on any atom is -0.435 e. The van der Waals surface area contributed by atoms with E-state index in [1.54, 1.807) is 0 Å². The minimum atomic E-state index is -4.23. The Morgan fingerprint density at radius 3 is 2.33 bits per heavy atom. The first-order valence-electron chi connectivity index (χ1n) is 9.31. The van der Waals surface area contributed by atoms with Gasteiger partial charge in [0.1, 0.15) is 5.75 Å². The Kier molecular flexibility index (Phi) is 5.53. The maximum atomic E-state index is 13.1. The van der Waals surface area contributed by atoms with E-state index in [1.807, 2.05) is 6.07 Å². The number of carbonyl (C=O) groups excluding carboxylic acids is 2. The lowest BCUT2D eigenvalue weighted by Crippen LogP contribution is -2.29. The quantitative estimate of drug-likeness (QED) is 0.550. The Morgan fingerprint density at radius 2 is 1.67 bits per heavy atom. The van der Waals surface area contributed by atoms with E-state index in [0.717, 1.165) is 29.2 Å². The van der Waals surface area contributed by atoms with Gasteiger partial charge in [-0.2, -0.15) is 14.0 Å². The topological polar surface area (TPSA) is 117 Å². The second-order valence-electron chi connectivity index (χ2n) is 6.79. The zero-order valence-electron chi connectivity index (χ0n) is 16.5. The van der Waals surface area contributed by atoms with Crippen LogP contribution in [0, 0.1) is 11.3 Å². The van der Waals surface area contributed by atoms with Gasteiger partial charge >= 0.3 is 6.61 Å². The Labute approximate surface area is 186 Å². The number of nitrogens with zero attached hydrogens (tertiary/aromatic N) is 2. The Morgan fingerprint density at radius 1 is 0.970 bits per heavy atom. The minimum absolute atomic E-state index is 0.0109. The summed E-state index contributed by atoms with van der Waals surface area (Å²) in [6.45, 7) is -3.06. The fourth-order valence-electron chi connectivity index (χ4n) is 3.32. The molecule has 166 valence electrons. The summed E-state index contributed by atoms with van der Waals surface area (Å²) in [5, 5.41) is 9.09. The van der Waals surface area contributed by atoms with Crippen LogP contribution in [-0.4, -0.2) is 26.8 Å². The van der Waals surface area contributed by atoms with Crippen molar-refractivity contribution in [1.82, 2.24) is 0 Å². The van der Waals surface area contributed by atoms with Crippen LogP contribution in [0.2, 0.25) is 0 Å². The predicted octanol–water partition coefficient (Wildman–Crippen LogP) is 3.76. The van der Waals surface area contributed by atoms with Crippen molar-refractivity contribution >= 4 is 33.2 Å². The fraction of sp³-hybridized carbons (Fsp3) is 0.0455. The molecule has 0 saturated carbocycles. The molecule has 4 rings (SSSR count). The van der Waals surface area contributed by atoms with Crippen molar-refractivity contribution in [3.63, 3.8) is 0 Å². The van der Waals surface area contributed by atoms with Crippen LogP contribution in [-0.2, 0) is 10.0 Å². The molecule has 2 amide bonds. The number of amides is 2. The van der Waals surface area contributed by atoms with Crippen molar-refractivity contribution in [2.75, 3.05) is 9.62 Å². The van der Waals surface area contributed by atoms with Crippen LogP contribution in [0.5, 0.6) is 5.75 Å². The van der Waals surface area contributed by atoms with E-state index >= 15 is 0 Å². The molecular weight excluding hydrogens is 456 g/mol. The lowest BCUT2D eigenvalue weighted by Gasteiger charge is -2.14. The summed E-state index contributed by atoms with van der Waals surface area (Å²) >= 11 is 0. The van der Waals surface area contributed by atoms with Crippen LogP contribution in [0.3, 0.4) is 0 Å². The molecule has 3 aromatic carbocycles. The molecule has 1 aliphatic rings. The number of anilines is 2. The van der Waals surface area contributed by atoms with Gasteiger partial charge in [-0.1, -0.05) is 12.1 Å². The third kappa shape index (κ3) is 4.11. The average molecular weight is 469 g/mol. The van der Waals surface area contributed by atoms with Gasteiger partial charge in [-0.05, 0) is 54.6 Å². The molecule has 33 heavy (non-hydrogen) atoms. The molecule has 0 unspecified atom stereocenters. The van der Waals surface area contributed by atoms with Crippen molar-refractivity contribution < 1.29 is 31.5 Å². The molecule has 1 heterocycles. The van der Waals surface area contributed by atoms with Gasteiger partial charge < -0.3 is 4.74 Å². The number of halogens is 2. The summed E-state index contributed by atoms with van der Waals surface area (Å²) < 4.78 is 56.7. The Balaban J connectivity index is 1.67. The van der Waals surface area contributed by atoms with E-state index in [1.165, 1.54) is 42.5 Å². The second-order valence-corrected chi connectivity index (χ2v) is 8.47. The summed E-state index contributed by atoms with van der Waals surface area (Å²) in [6.07, 6.45) is 0. The molecule has 0 bridgehead atoms. The van der Waals surface area contributed by atoms with E-state index < -0.39 is 28.4 Å². The largest absolute Gasteiger partial charge is 0.435 e. The maximum Gasteiger partial charge on any atom is 0.387 e. The summed E-state index contributed by atoms with van der Waals surface area (Å²) in [5.74, 6) is -1.65. The lowest BCUT2D eigenvalue weighted by molar-refractivity contribution is -0.0498. The summed E-state index contributed by atoms with van der Waals surface area (Å²) in [4.78, 5) is 26.6. The molecule has 0 atom stereocenters. The Bertz CT molecular complexity index is 1420. The maximum absolute atomic E-state index is 13.1. The number of imide groups is 1. The van der Waals surface area contributed by atoms with Crippen LogP contribution in [0.15, 0.2) is 71.6 Å². The second kappa shape index (κ2) is 8.33. The van der Waals surface area contributed by atoms with Crippen molar-refractivity contribution in [1.29, 1.82) is 5.26 Å². The number of hydrogen-bond acceptors (Lipinski definition) is 6. The van der Waals surface area contributed by atoms with Gasteiger partial charge in [0.05, 0.1) is 39.0 Å². The number of fused-ring (bicyclic) bond motifs is 1. The molecule has 0 aromatic heterocycles. The van der Waals surface area contributed by atoms with E-state index in [4.69, 9.17) is 5.26 Å². The highest BCUT2D eigenvalue weighted by Crippen LogP contribution is 2.34. The molecule has 11 heteroatoms. The molecule has 0 saturated heterocycles. The molecule has 8 nitrogen and oxygen atoms in total. The highest BCUT2D eigenvalue weighted by atomic mass is 32.2. The van der Waals surface area contributed by atoms with Gasteiger partial charge in [0.2, 0.25) is 0 Å². The molecular formula is C22H13F2N3O5S. The van der Waals surface area contributed by atoms with E-state index in [0.29, 0.717) is 0 Å². The van der Waals surface area contributed by atoms with Crippen molar-refractivity contribution in [2.24, 2.45) is 0 Å². The van der Waals surface area contributed by atoms with Crippen molar-refractivity contribution in [3.8, 4) is 11.8 Å². The number of alkyl halides is 2. The first kappa shape index (κ1) is 21.9. The van der Waals surface area contributed by atoms with Crippen LogP contribution in [0.1, 0.15) is 26.3 Å². The first-order chi connectivity index (χ1) is 15.7. The summed E-state index contributed by atoms with van der Waals surface area (Å²) in [6, 6.07) is 16.2. The standard InChI is InChI=1S/C22H13F2N3O5S/c23-22(24)32-15-7-9-16(10-8-15)33(30,31)26-18-6-2-5-17-19(18)21(29)27(20(17)28)14-4-1-3-13(11-14)12-25/h1-11,22,26H. The van der Waals surface area contributed by atoms with Crippen LogP contribution >= 0.6 is 0 Å². The number of benzene rings is 3. The average Bonchev–Trinajstić information content (AvgIpc) is 3.04. The predicted molar refractivity (Wildman–Crippen MR) is 113 cm³/mol. The molecule has 1 N–H and O–H groups in total. The normalized spacial score (nSPS) is 13.1. The number of rotatable bonds is 6. The van der Waals surface area contributed by atoms with E-state index in [-0.39, 0.29) is 38.7 Å². The number of carbonyl (C=O) groups is 2. The van der Waals surface area contributed by atoms with Crippen LogP contribution in [0.25, 0.3) is 0 Å². The van der Waals surface area contributed by atoms with Gasteiger partial charge in [0.15, 0.2) is 0 Å². The molecule has 0 spiro atoms. The number of hydrogen-bond donors (Lipinski definition) is 1. The molecule has 0 fully saturated rings. The van der Waals surface area contributed by atoms with Crippen molar-refractivity contribution in [3.05, 3.63) is 83.4 Å². The van der Waals surface area contributed by atoms with Crippen LogP contribution in [0.4, 0.5) is 20.2 Å². The smallest absolute Gasteiger partial charge is 0.387 e. The third-order valence-corrected chi connectivity index (χ3v) is 6.13. The first-order valence-corrected chi connectivity index (χ1v) is 10.8. The highest BCUT2D eigenvalue weighted by molar-refractivity contribution is 7.92. The van der Waals surface area contributed by atoms with E-state index in [2.05, 4.69) is 9.46 Å². The highest BCUT2D eigenvalue weighted by Gasteiger charge is 2.39. The fourth-order valence-corrected chi connectivity index (χ4v) is 4.40. The zero-order chi connectivity index (χ0) is 23.8. The van der Waals surface area contributed by atoms with Gasteiger partial charge in [-0.3, -0.25) is 14.3 Å². The molecule has 1 aliphatic heterocycles. The van der Waals surface area contributed by atoms with E-state index in [9.17, 15) is 26.8 Å². The number of nitrogens with one attached hydrogen (secondary N) is 1. The van der Waals surface area contributed by atoms with Gasteiger partial charge in [0.25, 0.3) is 21.8 Å². The van der Waals surface area contributed by atoms with Gasteiger partial charge in [-0.25, -0.2) is 13.3 Å². The molecule has 0 aliphatic carbocycles. The SMILES string of the molecule is N#Cc1cccc(N2C(=O)c3cccc(NS(=O)(=O)c4ccc(OC(F)F)cc4)c3C2=O)c1. The van der Waals surface area contributed by atoms with Crippen molar-refractivity contribution in [2.45, 2.75) is 11.5 Å². The molecule has 3 aromatic rings. The zero-order valence-corrected chi connectivity index (χ0v) is 17.3. The number of nitriles is 1. The summed E-state index contributed by atoms with van der Waals surface area (Å²) in [7, 11) is -4.23. The van der Waals surface area contributed by atoms with Gasteiger partial charge in [0, 0.05) is 0 Å². The summed E-state index contributed by atoms with van der Waals surface area (Å²) in [5.41, 5.74) is 0.125. The van der Waals surface area contributed by atoms with Gasteiger partial charge in [-0.15, -0.1) is 0 Å².